The molecule has 3 aromatic rings. The highest BCUT2D eigenvalue weighted by Crippen LogP contribution is 2.32. The predicted molar refractivity (Wildman–Crippen MR) is 112 cm³/mol. The largest absolute Gasteiger partial charge is 0.469 e. The number of benzene rings is 1. The lowest BCUT2D eigenvalue weighted by atomic mass is 9.94. The highest BCUT2D eigenvalue weighted by molar-refractivity contribution is 6.30. The van der Waals surface area contributed by atoms with Gasteiger partial charge in [-0.05, 0) is 56.5 Å². The van der Waals surface area contributed by atoms with E-state index in [0.29, 0.717) is 35.6 Å². The Morgan fingerprint density at radius 3 is 2.71 bits per heavy atom. The number of hydrogen-bond acceptors (Lipinski definition) is 4. The first-order valence-corrected chi connectivity index (χ1v) is 9.69. The molecule has 2 aromatic heterocycles. The normalized spacial score (nSPS) is 11.0. The maximum atomic E-state index is 13.3. The lowest BCUT2D eigenvalue weighted by Crippen LogP contribution is -2.25. The molecule has 0 atom stereocenters. The lowest BCUT2D eigenvalue weighted by Gasteiger charge is -2.17. The summed E-state index contributed by atoms with van der Waals surface area (Å²) in [6.45, 7) is 4.36. The van der Waals surface area contributed by atoms with Crippen LogP contribution in [0.15, 0.2) is 41.2 Å². The molecule has 0 fully saturated rings. The number of hydrogen-bond donors (Lipinski definition) is 0. The molecule has 0 aliphatic heterocycles. The fraction of sp³-hybridized carbons (Fsp3) is 0.318. The summed E-state index contributed by atoms with van der Waals surface area (Å²) in [5.41, 5.74) is 3.82. The zero-order valence-corrected chi connectivity index (χ0v) is 17.0. The number of halogens is 1. The van der Waals surface area contributed by atoms with Crippen LogP contribution in [0.3, 0.4) is 0 Å². The van der Waals surface area contributed by atoms with E-state index in [9.17, 15) is 9.59 Å². The minimum Gasteiger partial charge on any atom is -0.469 e. The summed E-state index contributed by atoms with van der Waals surface area (Å²) in [5, 5.41) is 1.51. The molecule has 1 aromatic carbocycles. The van der Waals surface area contributed by atoms with E-state index in [4.69, 9.17) is 16.3 Å². The average molecular weight is 399 g/mol. The van der Waals surface area contributed by atoms with Gasteiger partial charge in [0.05, 0.1) is 7.11 Å². The molecular weight excluding hydrogens is 376 g/mol. The van der Waals surface area contributed by atoms with Gasteiger partial charge in [-0.3, -0.25) is 14.2 Å². The second-order valence-electron chi connectivity index (χ2n) is 6.67. The number of ether oxygens (including phenoxy) is 1. The van der Waals surface area contributed by atoms with Crippen molar-refractivity contribution in [2.75, 3.05) is 7.11 Å². The van der Waals surface area contributed by atoms with Crippen molar-refractivity contribution < 1.29 is 9.53 Å². The third kappa shape index (κ3) is 3.94. The second kappa shape index (κ2) is 8.57. The van der Waals surface area contributed by atoms with Gasteiger partial charge in [0.1, 0.15) is 5.65 Å². The molecule has 28 heavy (non-hydrogen) atoms. The smallest absolute Gasteiger partial charge is 0.305 e. The van der Waals surface area contributed by atoms with Crippen molar-refractivity contribution >= 4 is 28.6 Å². The van der Waals surface area contributed by atoms with Crippen molar-refractivity contribution in [3.8, 4) is 11.1 Å². The minimum absolute atomic E-state index is 0.0760. The Labute approximate surface area is 168 Å². The molecule has 0 spiro atoms. The Morgan fingerprint density at radius 2 is 2.04 bits per heavy atom. The maximum absolute atomic E-state index is 13.3. The van der Waals surface area contributed by atoms with E-state index in [1.165, 1.54) is 7.11 Å². The van der Waals surface area contributed by atoms with Crippen LogP contribution >= 0.6 is 11.6 Å². The van der Waals surface area contributed by atoms with Crippen LogP contribution < -0.4 is 5.56 Å². The standard InChI is InChI=1S/C22H23ClN2O3/c1-4-25-21-17(12-11-14(2)24-21)20(15-7-5-8-16(23)13-15)18(22(25)27)9-6-10-19(26)28-3/h5,7-8,11-13H,4,6,9-10H2,1-3H3. The number of aryl methyl sites for hydroxylation is 2. The average Bonchev–Trinajstić information content (AvgIpc) is 2.68. The molecule has 0 N–H and O–H groups in total. The van der Waals surface area contributed by atoms with Gasteiger partial charge in [0.25, 0.3) is 5.56 Å². The van der Waals surface area contributed by atoms with E-state index >= 15 is 0 Å². The van der Waals surface area contributed by atoms with E-state index in [2.05, 4.69) is 4.98 Å². The van der Waals surface area contributed by atoms with E-state index in [0.717, 1.165) is 22.2 Å². The molecule has 0 unspecified atom stereocenters. The van der Waals surface area contributed by atoms with Gasteiger partial charge in [-0.15, -0.1) is 0 Å². The highest BCUT2D eigenvalue weighted by atomic mass is 35.5. The molecule has 0 amide bonds. The van der Waals surface area contributed by atoms with Crippen molar-refractivity contribution in [3.05, 3.63) is 63.0 Å². The first-order valence-electron chi connectivity index (χ1n) is 9.32. The predicted octanol–water partition coefficient (Wildman–Crippen LogP) is 4.54. The van der Waals surface area contributed by atoms with Gasteiger partial charge in [-0.25, -0.2) is 4.98 Å². The van der Waals surface area contributed by atoms with E-state index in [-0.39, 0.29) is 17.9 Å². The number of carbonyl (C=O) groups is 1. The topological polar surface area (TPSA) is 61.2 Å². The summed E-state index contributed by atoms with van der Waals surface area (Å²) in [6.07, 6.45) is 1.27. The Bertz CT molecular complexity index is 1090. The quantitative estimate of drug-likeness (QED) is 0.572. The summed E-state index contributed by atoms with van der Waals surface area (Å²) in [6, 6.07) is 11.4. The fourth-order valence-electron chi connectivity index (χ4n) is 3.48. The summed E-state index contributed by atoms with van der Waals surface area (Å²) in [7, 11) is 1.37. The maximum Gasteiger partial charge on any atom is 0.305 e. The van der Waals surface area contributed by atoms with Crippen molar-refractivity contribution in [2.45, 2.75) is 39.7 Å². The van der Waals surface area contributed by atoms with Crippen LogP contribution in [0.1, 0.15) is 31.0 Å². The van der Waals surface area contributed by atoms with Gasteiger partial charge in [-0.2, -0.15) is 0 Å². The van der Waals surface area contributed by atoms with Gasteiger partial charge >= 0.3 is 5.97 Å². The molecule has 3 rings (SSSR count). The van der Waals surface area contributed by atoms with E-state index in [1.54, 1.807) is 10.6 Å². The first-order chi connectivity index (χ1) is 13.5. The molecule has 0 saturated carbocycles. The number of nitrogens with zero attached hydrogens (tertiary/aromatic N) is 2. The number of fused-ring (bicyclic) bond motifs is 1. The lowest BCUT2D eigenvalue weighted by molar-refractivity contribution is -0.140. The van der Waals surface area contributed by atoms with Crippen LogP contribution in [0, 0.1) is 6.92 Å². The monoisotopic (exact) mass is 398 g/mol. The van der Waals surface area contributed by atoms with E-state index in [1.807, 2.05) is 44.2 Å². The summed E-state index contributed by atoms with van der Waals surface area (Å²) >= 11 is 6.23. The van der Waals surface area contributed by atoms with Crippen LogP contribution in [0.25, 0.3) is 22.2 Å². The van der Waals surface area contributed by atoms with Gasteiger partial charge in [0.2, 0.25) is 0 Å². The molecule has 0 aliphatic carbocycles. The molecule has 0 radical (unpaired) electrons. The Kier molecular flexibility index (Phi) is 6.15. The highest BCUT2D eigenvalue weighted by Gasteiger charge is 2.19. The van der Waals surface area contributed by atoms with Crippen LogP contribution in [0.2, 0.25) is 5.02 Å². The number of carbonyl (C=O) groups excluding carboxylic acids is 1. The third-order valence-electron chi connectivity index (χ3n) is 4.81. The van der Waals surface area contributed by atoms with Gasteiger partial charge in [0, 0.05) is 40.2 Å². The summed E-state index contributed by atoms with van der Waals surface area (Å²) < 4.78 is 6.43. The molecule has 0 saturated heterocycles. The number of pyridine rings is 2. The Balaban J connectivity index is 2.27. The Morgan fingerprint density at radius 1 is 1.25 bits per heavy atom. The van der Waals surface area contributed by atoms with Crippen molar-refractivity contribution in [3.63, 3.8) is 0 Å². The van der Waals surface area contributed by atoms with Crippen LogP contribution in [-0.4, -0.2) is 22.6 Å². The Hall–Kier alpha value is -2.66. The summed E-state index contributed by atoms with van der Waals surface area (Å²) in [5.74, 6) is -0.279. The van der Waals surface area contributed by atoms with Gasteiger partial charge in [-0.1, -0.05) is 23.7 Å². The molecular formula is C22H23ClN2O3. The van der Waals surface area contributed by atoms with Crippen LogP contribution in [-0.2, 0) is 22.5 Å². The zero-order chi connectivity index (χ0) is 20.3. The zero-order valence-electron chi connectivity index (χ0n) is 16.3. The van der Waals surface area contributed by atoms with Gasteiger partial charge < -0.3 is 4.74 Å². The number of methoxy groups -OCH3 is 1. The summed E-state index contributed by atoms with van der Waals surface area (Å²) in [4.78, 5) is 29.5. The van der Waals surface area contributed by atoms with E-state index < -0.39 is 0 Å². The molecule has 0 bridgehead atoms. The van der Waals surface area contributed by atoms with Crippen molar-refractivity contribution in [2.24, 2.45) is 0 Å². The van der Waals surface area contributed by atoms with Crippen molar-refractivity contribution in [1.29, 1.82) is 0 Å². The number of aromatic nitrogens is 2. The minimum atomic E-state index is -0.279. The molecule has 5 nitrogen and oxygen atoms in total. The first kappa shape index (κ1) is 20.1. The van der Waals surface area contributed by atoms with Crippen LogP contribution in [0.5, 0.6) is 0 Å². The molecule has 0 aliphatic rings. The van der Waals surface area contributed by atoms with Crippen LogP contribution in [0.4, 0.5) is 0 Å². The third-order valence-corrected chi connectivity index (χ3v) is 5.04. The number of esters is 1. The molecule has 146 valence electrons. The molecule has 2 heterocycles. The fourth-order valence-corrected chi connectivity index (χ4v) is 3.67. The number of rotatable bonds is 6. The molecule has 6 heteroatoms. The second-order valence-corrected chi connectivity index (χ2v) is 7.10. The van der Waals surface area contributed by atoms with Gasteiger partial charge in [0.15, 0.2) is 0 Å². The SMILES string of the molecule is CCn1c(=O)c(CCCC(=O)OC)c(-c2cccc(Cl)c2)c2ccc(C)nc21. The van der Waals surface area contributed by atoms with Crippen molar-refractivity contribution in [1.82, 2.24) is 9.55 Å².